The van der Waals surface area contributed by atoms with Gasteiger partial charge in [-0.3, -0.25) is 0 Å². The minimum Gasteiger partial charge on any atom is -0.342 e. The predicted molar refractivity (Wildman–Crippen MR) is 127 cm³/mol. The molecule has 3 rings (SSSR count). The number of rotatable bonds is 6. The van der Waals surface area contributed by atoms with Crippen molar-refractivity contribution in [3.05, 3.63) is 40.8 Å². The fraction of sp³-hybridized carbons (Fsp3) is 0.381. The second-order valence-corrected chi connectivity index (χ2v) is 7.94. The van der Waals surface area contributed by atoms with E-state index in [4.69, 9.17) is 21.6 Å². The lowest BCUT2D eigenvalue weighted by Gasteiger charge is -2.15. The van der Waals surface area contributed by atoms with Crippen LogP contribution in [0.5, 0.6) is 0 Å². The Morgan fingerprint density at radius 2 is 2.04 bits per heavy atom. The third-order valence-corrected chi connectivity index (χ3v) is 6.13. The molecule has 0 spiro atoms. The molecule has 0 aliphatic carbocycles. The third kappa shape index (κ3) is 4.03. The van der Waals surface area contributed by atoms with Crippen LogP contribution in [0.2, 0.25) is 5.02 Å². The number of nitrogens with zero attached hydrogens (tertiary/aromatic N) is 4. The Morgan fingerprint density at radius 3 is 2.68 bits per heavy atom. The summed E-state index contributed by atoms with van der Waals surface area (Å²) in [6.07, 6.45) is 4.24. The zero-order chi connectivity index (χ0) is 20.4. The van der Waals surface area contributed by atoms with Crippen LogP contribution in [-0.4, -0.2) is 25.2 Å². The molecule has 1 aromatic carbocycles. The molecule has 0 bridgehead atoms. The average Bonchev–Trinajstić information content (AvgIpc) is 3.21. The van der Waals surface area contributed by atoms with Crippen LogP contribution < -0.4 is 0 Å². The van der Waals surface area contributed by atoms with Gasteiger partial charge in [-0.15, -0.1) is 0 Å². The van der Waals surface area contributed by atoms with Gasteiger partial charge in [-0.2, -0.15) is 0 Å². The van der Waals surface area contributed by atoms with E-state index in [2.05, 4.69) is 28.1 Å². The SMILES string of the molecule is CCC(CC)/C(=C/C(C)=NI)c1nc(-c2nc3ccc(Cl)cc3n2C)c(C)[nH]1. The van der Waals surface area contributed by atoms with E-state index in [9.17, 15) is 0 Å². The van der Waals surface area contributed by atoms with Crippen molar-refractivity contribution < 1.29 is 0 Å². The van der Waals surface area contributed by atoms with Gasteiger partial charge in [0, 0.05) is 23.5 Å². The highest BCUT2D eigenvalue weighted by atomic mass is 127. The molecular weight excluding hydrogens is 485 g/mol. The Labute approximate surface area is 184 Å². The number of imidazole rings is 2. The van der Waals surface area contributed by atoms with Crippen LogP contribution in [-0.2, 0) is 7.05 Å². The molecule has 7 heteroatoms. The van der Waals surface area contributed by atoms with E-state index in [0.29, 0.717) is 10.9 Å². The molecule has 5 nitrogen and oxygen atoms in total. The summed E-state index contributed by atoms with van der Waals surface area (Å²) < 4.78 is 6.33. The lowest BCUT2D eigenvalue weighted by atomic mass is 9.92. The van der Waals surface area contributed by atoms with Gasteiger partial charge in [0.25, 0.3) is 0 Å². The molecule has 0 radical (unpaired) electrons. The Bertz CT molecular complexity index is 1060. The summed E-state index contributed by atoms with van der Waals surface area (Å²) >= 11 is 8.21. The molecule has 28 heavy (non-hydrogen) atoms. The van der Waals surface area contributed by atoms with Crippen molar-refractivity contribution in [1.82, 2.24) is 19.5 Å². The summed E-state index contributed by atoms with van der Waals surface area (Å²) in [4.78, 5) is 13.3. The van der Waals surface area contributed by atoms with Gasteiger partial charge in [-0.1, -0.05) is 25.4 Å². The predicted octanol–water partition coefficient (Wildman–Crippen LogP) is 6.56. The third-order valence-electron chi connectivity index (χ3n) is 5.14. The number of allylic oxidation sites excluding steroid dienone is 2. The Hall–Kier alpha value is -1.67. The van der Waals surface area contributed by atoms with Crippen LogP contribution in [0, 0.1) is 12.8 Å². The van der Waals surface area contributed by atoms with Crippen molar-refractivity contribution in [1.29, 1.82) is 0 Å². The smallest absolute Gasteiger partial charge is 0.161 e. The van der Waals surface area contributed by atoms with E-state index in [-0.39, 0.29) is 0 Å². The Kier molecular flexibility index (Phi) is 6.60. The normalized spacial score (nSPS) is 13.1. The fourth-order valence-corrected chi connectivity index (χ4v) is 3.85. The molecule has 0 fully saturated rings. The van der Waals surface area contributed by atoms with Crippen LogP contribution in [0.3, 0.4) is 0 Å². The minimum absolute atomic E-state index is 0.422. The summed E-state index contributed by atoms with van der Waals surface area (Å²) in [5.41, 5.74) is 5.95. The van der Waals surface area contributed by atoms with Gasteiger partial charge in [-0.25, -0.2) is 13.2 Å². The van der Waals surface area contributed by atoms with Crippen molar-refractivity contribution in [2.24, 2.45) is 16.2 Å². The first-order valence-electron chi connectivity index (χ1n) is 9.46. The number of nitrogens with one attached hydrogen (secondary N) is 1. The molecule has 2 aromatic heterocycles. The Morgan fingerprint density at radius 1 is 1.32 bits per heavy atom. The van der Waals surface area contributed by atoms with Crippen molar-refractivity contribution in [2.75, 3.05) is 0 Å². The molecular formula is C21H25ClIN5. The van der Waals surface area contributed by atoms with E-state index in [0.717, 1.165) is 52.6 Å². The molecule has 0 saturated carbocycles. The first-order chi connectivity index (χ1) is 13.4. The van der Waals surface area contributed by atoms with Crippen molar-refractivity contribution in [2.45, 2.75) is 40.5 Å². The summed E-state index contributed by atoms with van der Waals surface area (Å²) in [5.74, 6) is 2.15. The molecule has 0 atom stereocenters. The first kappa shape index (κ1) is 21.0. The number of aromatic nitrogens is 4. The summed E-state index contributed by atoms with van der Waals surface area (Å²) in [6, 6.07) is 5.75. The number of H-pyrrole nitrogens is 1. The van der Waals surface area contributed by atoms with Crippen LogP contribution >= 0.6 is 34.5 Å². The maximum absolute atomic E-state index is 6.17. The first-order valence-corrected chi connectivity index (χ1v) is 10.8. The van der Waals surface area contributed by atoms with Gasteiger partial charge in [0.05, 0.1) is 33.9 Å². The summed E-state index contributed by atoms with van der Waals surface area (Å²) in [6.45, 7) is 8.48. The fourth-order valence-electron chi connectivity index (χ4n) is 3.55. The highest BCUT2D eigenvalue weighted by Gasteiger charge is 2.21. The van der Waals surface area contributed by atoms with E-state index in [1.807, 2.05) is 66.5 Å². The second kappa shape index (κ2) is 8.78. The molecule has 0 saturated heterocycles. The van der Waals surface area contributed by atoms with Crippen LogP contribution in [0.15, 0.2) is 27.5 Å². The number of benzene rings is 1. The number of hydrogen-bond donors (Lipinski definition) is 1. The maximum atomic E-state index is 6.17. The average molecular weight is 510 g/mol. The van der Waals surface area contributed by atoms with Crippen molar-refractivity contribution in [3.8, 4) is 11.5 Å². The van der Waals surface area contributed by atoms with Gasteiger partial charge in [0.2, 0.25) is 0 Å². The van der Waals surface area contributed by atoms with Gasteiger partial charge in [-0.05, 0) is 62.5 Å². The van der Waals surface area contributed by atoms with Crippen LogP contribution in [0.4, 0.5) is 0 Å². The summed E-state index contributed by atoms with van der Waals surface area (Å²) in [5, 5.41) is 0.703. The lowest BCUT2D eigenvalue weighted by Crippen LogP contribution is -2.05. The minimum atomic E-state index is 0.422. The van der Waals surface area contributed by atoms with Crippen LogP contribution in [0.25, 0.3) is 28.1 Å². The molecule has 0 amide bonds. The van der Waals surface area contributed by atoms with E-state index in [1.54, 1.807) is 0 Å². The van der Waals surface area contributed by atoms with E-state index < -0.39 is 0 Å². The van der Waals surface area contributed by atoms with Gasteiger partial charge >= 0.3 is 0 Å². The van der Waals surface area contributed by atoms with Crippen molar-refractivity contribution in [3.63, 3.8) is 0 Å². The molecule has 1 N–H and O–H groups in total. The Balaban J connectivity index is 2.14. The van der Waals surface area contributed by atoms with E-state index >= 15 is 0 Å². The number of aromatic amines is 1. The topological polar surface area (TPSA) is 58.9 Å². The highest BCUT2D eigenvalue weighted by molar-refractivity contribution is 14.1. The maximum Gasteiger partial charge on any atom is 0.161 e. The largest absolute Gasteiger partial charge is 0.342 e. The highest BCUT2D eigenvalue weighted by Crippen LogP contribution is 2.31. The zero-order valence-electron chi connectivity index (χ0n) is 16.8. The van der Waals surface area contributed by atoms with Crippen LogP contribution in [0.1, 0.15) is 45.1 Å². The summed E-state index contributed by atoms with van der Waals surface area (Å²) in [7, 11) is 2.00. The van der Waals surface area contributed by atoms with Gasteiger partial charge in [0.15, 0.2) is 5.82 Å². The molecule has 0 aliphatic rings. The monoisotopic (exact) mass is 509 g/mol. The number of hydrogen-bond acceptors (Lipinski definition) is 3. The van der Waals surface area contributed by atoms with E-state index in [1.165, 1.54) is 5.57 Å². The molecule has 0 aliphatic heterocycles. The number of fused-ring (bicyclic) bond motifs is 1. The second-order valence-electron chi connectivity index (χ2n) is 7.03. The van der Waals surface area contributed by atoms with Crippen molar-refractivity contribution >= 4 is 56.8 Å². The zero-order valence-corrected chi connectivity index (χ0v) is 19.8. The standard InChI is InChI=1S/C21H25ClIN5/c1-6-14(7-2)16(10-12(3)27-23)20-24-13(4)19(26-20)21-25-17-9-8-15(22)11-18(17)28(21)5/h8-11,14H,6-7H2,1-5H3,(H,24,26)/b16-10-,27-12?. The number of aryl methyl sites for hydroxylation is 2. The van der Waals surface area contributed by atoms with Gasteiger partial charge in [0.1, 0.15) is 11.5 Å². The molecule has 3 aromatic rings. The van der Waals surface area contributed by atoms with Gasteiger partial charge < -0.3 is 9.55 Å². The molecule has 148 valence electrons. The molecule has 2 heterocycles. The quantitative estimate of drug-likeness (QED) is 0.302. The number of halogens is 2. The molecule has 0 unspecified atom stereocenters. The lowest BCUT2D eigenvalue weighted by molar-refractivity contribution is 0.620.